The number of hydrogen-bond donors (Lipinski definition) is 0. The molecule has 0 bridgehead atoms. The van der Waals surface area contributed by atoms with Crippen molar-refractivity contribution >= 4 is 22.7 Å². The lowest BCUT2D eigenvalue weighted by atomic mass is 10.1. The molecule has 5 aromatic rings. The number of ketones is 1. The van der Waals surface area contributed by atoms with Crippen molar-refractivity contribution in [1.82, 2.24) is 23.1 Å². The average Bonchev–Trinajstić information content (AvgIpc) is 3.37. The van der Waals surface area contributed by atoms with Gasteiger partial charge in [0, 0.05) is 18.8 Å². The Morgan fingerprint density at radius 1 is 1.03 bits per heavy atom. The number of methoxy groups -OCH3 is 1. The molecular formula is C24H21N5O4. The summed E-state index contributed by atoms with van der Waals surface area (Å²) in [4.78, 5) is 42.5. The summed E-state index contributed by atoms with van der Waals surface area (Å²) in [6.45, 7) is 1.04. The number of nitrogens with zero attached hydrogens (tertiary/aromatic N) is 5. The Labute approximate surface area is 187 Å². The number of hydrogen-bond acceptors (Lipinski definition) is 5. The predicted molar refractivity (Wildman–Crippen MR) is 124 cm³/mol. The Morgan fingerprint density at radius 3 is 2.42 bits per heavy atom. The molecule has 0 aliphatic carbocycles. The standard InChI is InChI=1S/C24H21N5O4/c1-15(30)13-28-22(31)20-21(26(2)24(28)32)25-23-27(20)14-18(16-9-5-4-6-10-16)29(23)17-11-7-8-12-19(17)33-3/h4-12,14H,13H2,1-3H3. The third kappa shape index (κ3) is 3.08. The summed E-state index contributed by atoms with van der Waals surface area (Å²) in [5.74, 6) is 0.787. The van der Waals surface area contributed by atoms with Crippen molar-refractivity contribution in [1.29, 1.82) is 0 Å². The van der Waals surface area contributed by atoms with Gasteiger partial charge < -0.3 is 4.74 Å². The van der Waals surface area contributed by atoms with Gasteiger partial charge in [0.2, 0.25) is 5.78 Å². The molecule has 33 heavy (non-hydrogen) atoms. The smallest absolute Gasteiger partial charge is 0.332 e. The van der Waals surface area contributed by atoms with Crippen LogP contribution in [0, 0.1) is 0 Å². The van der Waals surface area contributed by atoms with Gasteiger partial charge in [-0.05, 0) is 19.1 Å². The third-order valence-electron chi connectivity index (χ3n) is 5.63. The maximum Gasteiger partial charge on any atom is 0.332 e. The van der Waals surface area contributed by atoms with Gasteiger partial charge >= 0.3 is 5.69 Å². The Balaban J connectivity index is 1.96. The first-order chi connectivity index (χ1) is 15.9. The highest BCUT2D eigenvalue weighted by atomic mass is 16.5. The largest absolute Gasteiger partial charge is 0.495 e. The molecule has 0 atom stereocenters. The fourth-order valence-corrected chi connectivity index (χ4v) is 4.12. The predicted octanol–water partition coefficient (Wildman–Crippen LogP) is 2.40. The highest BCUT2D eigenvalue weighted by Crippen LogP contribution is 2.32. The lowest BCUT2D eigenvalue weighted by Gasteiger charge is -2.13. The van der Waals surface area contributed by atoms with Crippen molar-refractivity contribution < 1.29 is 9.53 Å². The zero-order valence-electron chi connectivity index (χ0n) is 18.3. The molecule has 0 aliphatic heterocycles. The summed E-state index contributed by atoms with van der Waals surface area (Å²) in [5.41, 5.74) is 1.75. The van der Waals surface area contributed by atoms with Crippen molar-refractivity contribution in [2.45, 2.75) is 13.5 Å². The van der Waals surface area contributed by atoms with Crippen LogP contribution in [-0.2, 0) is 18.4 Å². The second-order valence-corrected chi connectivity index (χ2v) is 7.78. The quantitative estimate of drug-likeness (QED) is 0.416. The molecule has 0 N–H and O–H groups in total. The zero-order chi connectivity index (χ0) is 23.3. The van der Waals surface area contributed by atoms with Gasteiger partial charge in [0.25, 0.3) is 5.56 Å². The molecule has 9 heteroatoms. The fraction of sp³-hybridized carbons (Fsp3) is 0.167. The van der Waals surface area contributed by atoms with Crippen LogP contribution < -0.4 is 16.0 Å². The normalized spacial score (nSPS) is 11.4. The molecule has 0 saturated carbocycles. The number of benzene rings is 2. The number of Topliss-reactive ketones (excluding diaryl/α,β-unsaturated/α-hetero) is 1. The summed E-state index contributed by atoms with van der Waals surface area (Å²) >= 11 is 0. The summed E-state index contributed by atoms with van der Waals surface area (Å²) in [6, 6.07) is 17.2. The van der Waals surface area contributed by atoms with Crippen LogP contribution in [0.1, 0.15) is 6.92 Å². The van der Waals surface area contributed by atoms with Gasteiger partial charge in [-0.1, -0.05) is 42.5 Å². The second kappa shape index (κ2) is 7.63. The number of ether oxygens (including phenoxy) is 1. The Kier molecular flexibility index (Phi) is 4.74. The molecule has 3 aromatic heterocycles. The van der Waals surface area contributed by atoms with Gasteiger partial charge in [0.1, 0.15) is 11.5 Å². The minimum absolute atomic E-state index is 0.221. The molecule has 3 heterocycles. The second-order valence-electron chi connectivity index (χ2n) is 7.78. The van der Waals surface area contributed by atoms with Crippen LogP contribution >= 0.6 is 0 Å². The van der Waals surface area contributed by atoms with Crippen LogP contribution in [0.5, 0.6) is 5.75 Å². The number of fused-ring (bicyclic) bond motifs is 3. The van der Waals surface area contributed by atoms with Crippen LogP contribution in [0.2, 0.25) is 0 Å². The van der Waals surface area contributed by atoms with Gasteiger partial charge in [0.05, 0.1) is 25.0 Å². The number of rotatable bonds is 5. The number of carbonyl (C=O) groups is 1. The van der Waals surface area contributed by atoms with E-state index in [0.29, 0.717) is 11.5 Å². The van der Waals surface area contributed by atoms with Gasteiger partial charge in [-0.3, -0.25) is 27.7 Å². The van der Waals surface area contributed by atoms with E-state index in [2.05, 4.69) is 4.98 Å². The van der Waals surface area contributed by atoms with Gasteiger partial charge in [0.15, 0.2) is 11.2 Å². The Bertz CT molecular complexity index is 1650. The van der Waals surface area contributed by atoms with E-state index in [1.54, 1.807) is 18.6 Å². The van der Waals surface area contributed by atoms with Crippen molar-refractivity contribution in [3.8, 4) is 22.7 Å². The van der Waals surface area contributed by atoms with Gasteiger partial charge in [-0.2, -0.15) is 4.98 Å². The first-order valence-corrected chi connectivity index (χ1v) is 10.3. The van der Waals surface area contributed by atoms with Gasteiger partial charge in [-0.25, -0.2) is 4.79 Å². The summed E-state index contributed by atoms with van der Waals surface area (Å²) in [6.07, 6.45) is 1.82. The van der Waals surface area contributed by atoms with E-state index in [1.807, 2.05) is 65.4 Å². The number of aromatic nitrogens is 5. The summed E-state index contributed by atoms with van der Waals surface area (Å²) in [7, 11) is 3.13. The molecule has 0 aliphatic rings. The molecule has 0 radical (unpaired) electrons. The number of imidazole rings is 2. The molecular weight excluding hydrogens is 422 g/mol. The molecule has 0 spiro atoms. The van der Waals surface area contributed by atoms with E-state index >= 15 is 0 Å². The number of para-hydroxylation sites is 2. The molecule has 5 rings (SSSR count). The van der Waals surface area contributed by atoms with Crippen molar-refractivity contribution in [3.05, 3.63) is 81.6 Å². The monoisotopic (exact) mass is 443 g/mol. The van der Waals surface area contributed by atoms with Gasteiger partial charge in [-0.15, -0.1) is 0 Å². The molecule has 0 saturated heterocycles. The first-order valence-electron chi connectivity index (χ1n) is 10.3. The van der Waals surface area contributed by atoms with E-state index in [0.717, 1.165) is 21.5 Å². The van der Waals surface area contributed by atoms with Crippen LogP contribution in [0.3, 0.4) is 0 Å². The van der Waals surface area contributed by atoms with Crippen LogP contribution in [0.25, 0.3) is 33.9 Å². The zero-order valence-corrected chi connectivity index (χ0v) is 18.3. The maximum absolute atomic E-state index is 13.3. The average molecular weight is 443 g/mol. The molecule has 9 nitrogen and oxygen atoms in total. The van der Waals surface area contributed by atoms with Crippen LogP contribution in [-0.4, -0.2) is 36.0 Å². The minimum atomic E-state index is -0.587. The highest BCUT2D eigenvalue weighted by Gasteiger charge is 2.23. The number of aryl methyl sites for hydroxylation is 1. The summed E-state index contributed by atoms with van der Waals surface area (Å²) < 4.78 is 11.4. The maximum atomic E-state index is 13.3. The lowest BCUT2D eigenvalue weighted by molar-refractivity contribution is -0.117. The van der Waals surface area contributed by atoms with E-state index in [4.69, 9.17) is 4.74 Å². The molecule has 2 aromatic carbocycles. The Hall–Kier alpha value is -4.40. The molecule has 166 valence electrons. The van der Waals surface area contributed by atoms with E-state index in [1.165, 1.54) is 11.5 Å². The van der Waals surface area contributed by atoms with E-state index in [9.17, 15) is 14.4 Å². The highest BCUT2D eigenvalue weighted by molar-refractivity contribution is 5.81. The minimum Gasteiger partial charge on any atom is -0.495 e. The van der Waals surface area contributed by atoms with Crippen LogP contribution in [0.4, 0.5) is 0 Å². The lowest BCUT2D eigenvalue weighted by Crippen LogP contribution is -2.40. The molecule has 0 unspecified atom stereocenters. The van der Waals surface area contributed by atoms with Crippen molar-refractivity contribution in [2.24, 2.45) is 7.05 Å². The van der Waals surface area contributed by atoms with Crippen molar-refractivity contribution in [3.63, 3.8) is 0 Å². The third-order valence-corrected chi connectivity index (χ3v) is 5.63. The fourth-order valence-electron chi connectivity index (χ4n) is 4.12. The molecule has 0 amide bonds. The van der Waals surface area contributed by atoms with E-state index in [-0.39, 0.29) is 23.5 Å². The van der Waals surface area contributed by atoms with E-state index < -0.39 is 11.2 Å². The number of carbonyl (C=O) groups excluding carboxylic acids is 1. The first kappa shape index (κ1) is 20.5. The SMILES string of the molecule is COc1ccccc1-n1c(-c2ccccc2)cn2c3c(=O)n(CC(C)=O)c(=O)n(C)c3nc12. The molecule has 0 fully saturated rings. The Morgan fingerprint density at radius 2 is 1.73 bits per heavy atom. The summed E-state index contributed by atoms with van der Waals surface area (Å²) in [5, 5.41) is 0. The van der Waals surface area contributed by atoms with Crippen molar-refractivity contribution in [2.75, 3.05) is 7.11 Å². The topological polar surface area (TPSA) is 92.5 Å². The van der Waals surface area contributed by atoms with Crippen LogP contribution in [0.15, 0.2) is 70.4 Å².